The maximum absolute atomic E-state index is 11.2. The first-order valence-corrected chi connectivity index (χ1v) is 5.23. The molecule has 2 rings (SSSR count). The molecule has 0 fully saturated rings. The fourth-order valence-electron chi connectivity index (χ4n) is 1.50. The first-order chi connectivity index (χ1) is 8.65. The largest absolute Gasteiger partial charge is 0.471 e. The highest BCUT2D eigenvalue weighted by Crippen LogP contribution is 2.13. The van der Waals surface area contributed by atoms with Crippen LogP contribution < -0.4 is 0 Å². The summed E-state index contributed by atoms with van der Waals surface area (Å²) in [4.78, 5) is 30.4. The summed E-state index contributed by atoms with van der Waals surface area (Å²) >= 11 is 0. The Bertz CT molecular complexity index is 390. The zero-order valence-corrected chi connectivity index (χ0v) is 9.91. The van der Waals surface area contributed by atoms with Crippen molar-refractivity contribution in [1.82, 2.24) is 0 Å². The highest BCUT2D eigenvalue weighted by Gasteiger charge is 2.35. The fraction of sp³-hybridized carbons (Fsp3) is 0.600. The number of esters is 2. The molecule has 2 heterocycles. The number of carbonyl (C=O) groups excluding carboxylic acids is 2. The lowest BCUT2D eigenvalue weighted by Crippen LogP contribution is -2.21. The quantitative estimate of drug-likeness (QED) is 0.596. The van der Waals surface area contributed by atoms with E-state index in [0.29, 0.717) is 0 Å². The summed E-state index contributed by atoms with van der Waals surface area (Å²) in [5, 5.41) is 0. The number of aliphatic imine (C=N–C) groups is 2. The van der Waals surface area contributed by atoms with Gasteiger partial charge in [0.2, 0.25) is 0 Å². The second-order valence-electron chi connectivity index (χ2n) is 3.57. The fourth-order valence-corrected chi connectivity index (χ4v) is 1.50. The number of ether oxygens (including phenoxy) is 4. The van der Waals surface area contributed by atoms with Gasteiger partial charge in [-0.25, -0.2) is 19.6 Å². The van der Waals surface area contributed by atoms with Gasteiger partial charge in [-0.15, -0.1) is 0 Å². The van der Waals surface area contributed by atoms with Gasteiger partial charge in [0.1, 0.15) is 13.2 Å². The molecule has 0 saturated heterocycles. The predicted molar refractivity (Wildman–Crippen MR) is 58.4 cm³/mol. The van der Waals surface area contributed by atoms with Gasteiger partial charge in [-0.3, -0.25) is 0 Å². The second kappa shape index (κ2) is 5.03. The highest BCUT2D eigenvalue weighted by atomic mass is 16.6. The van der Waals surface area contributed by atoms with E-state index in [-0.39, 0.29) is 25.0 Å². The number of carbonyl (C=O) groups is 2. The topological polar surface area (TPSA) is 95.8 Å². The molecule has 2 atom stereocenters. The number of methoxy groups -OCH3 is 2. The third-order valence-corrected chi connectivity index (χ3v) is 2.43. The van der Waals surface area contributed by atoms with Gasteiger partial charge < -0.3 is 18.9 Å². The number of hydrogen-bond donors (Lipinski definition) is 0. The van der Waals surface area contributed by atoms with Gasteiger partial charge in [0.05, 0.1) is 14.2 Å². The van der Waals surface area contributed by atoms with E-state index in [0.717, 1.165) is 0 Å². The van der Waals surface area contributed by atoms with Crippen molar-refractivity contribution >= 4 is 23.7 Å². The van der Waals surface area contributed by atoms with Crippen molar-refractivity contribution in [2.45, 2.75) is 12.1 Å². The monoisotopic (exact) mass is 256 g/mol. The summed E-state index contributed by atoms with van der Waals surface area (Å²) in [6.07, 6.45) is 0. The average molecular weight is 256 g/mol. The van der Waals surface area contributed by atoms with Gasteiger partial charge in [0, 0.05) is 0 Å². The Morgan fingerprint density at radius 1 is 1.00 bits per heavy atom. The summed E-state index contributed by atoms with van der Waals surface area (Å²) in [5.41, 5.74) is 0. The van der Waals surface area contributed by atoms with E-state index < -0.39 is 24.0 Å². The molecule has 18 heavy (non-hydrogen) atoms. The van der Waals surface area contributed by atoms with E-state index in [4.69, 9.17) is 9.47 Å². The zero-order valence-electron chi connectivity index (χ0n) is 9.91. The summed E-state index contributed by atoms with van der Waals surface area (Å²) in [7, 11) is 2.54. The van der Waals surface area contributed by atoms with Crippen LogP contribution in [0.2, 0.25) is 0 Å². The molecular formula is C10H12N2O6. The van der Waals surface area contributed by atoms with Gasteiger partial charge in [-0.05, 0) is 0 Å². The molecule has 0 amide bonds. The Morgan fingerprint density at radius 3 is 1.72 bits per heavy atom. The van der Waals surface area contributed by atoms with Crippen molar-refractivity contribution in [3.63, 3.8) is 0 Å². The molecule has 98 valence electrons. The van der Waals surface area contributed by atoms with Crippen molar-refractivity contribution in [3.05, 3.63) is 0 Å². The lowest BCUT2D eigenvalue weighted by Gasteiger charge is -2.00. The molecule has 0 aromatic heterocycles. The number of nitrogens with zero attached hydrogens (tertiary/aromatic N) is 2. The molecule has 8 nitrogen and oxygen atoms in total. The van der Waals surface area contributed by atoms with Crippen LogP contribution in [-0.2, 0) is 28.5 Å². The van der Waals surface area contributed by atoms with Gasteiger partial charge >= 0.3 is 11.9 Å². The summed E-state index contributed by atoms with van der Waals surface area (Å²) in [5.74, 6) is -0.769. The SMILES string of the molecule is COC(=O)C1COC(C2=NC(C(=O)OC)CO2)=N1. The van der Waals surface area contributed by atoms with Crippen molar-refractivity contribution in [2.75, 3.05) is 27.4 Å². The first kappa shape index (κ1) is 12.3. The van der Waals surface area contributed by atoms with Gasteiger partial charge in [0.25, 0.3) is 11.8 Å². The lowest BCUT2D eigenvalue weighted by molar-refractivity contribution is -0.143. The molecule has 0 bridgehead atoms. The van der Waals surface area contributed by atoms with Crippen molar-refractivity contribution < 1.29 is 28.5 Å². The molecule has 0 radical (unpaired) electrons. The molecule has 0 spiro atoms. The molecule has 0 aromatic rings. The third-order valence-electron chi connectivity index (χ3n) is 2.43. The maximum Gasteiger partial charge on any atom is 0.334 e. The zero-order chi connectivity index (χ0) is 13.1. The van der Waals surface area contributed by atoms with Crippen LogP contribution in [0.4, 0.5) is 0 Å². The Hall–Kier alpha value is -2.12. The van der Waals surface area contributed by atoms with Crippen LogP contribution in [0.15, 0.2) is 9.98 Å². The van der Waals surface area contributed by atoms with Crippen LogP contribution >= 0.6 is 0 Å². The summed E-state index contributed by atoms with van der Waals surface area (Å²) < 4.78 is 19.4. The molecule has 2 aliphatic rings. The van der Waals surface area contributed by atoms with E-state index in [2.05, 4.69) is 19.5 Å². The molecular weight excluding hydrogens is 244 g/mol. The van der Waals surface area contributed by atoms with E-state index in [1.165, 1.54) is 14.2 Å². The Balaban J connectivity index is 2.06. The minimum Gasteiger partial charge on any atom is -0.471 e. The molecule has 8 heteroatoms. The Labute approximate surface area is 103 Å². The highest BCUT2D eigenvalue weighted by molar-refractivity contribution is 6.36. The summed E-state index contributed by atoms with van der Waals surface area (Å²) in [6, 6.07) is -1.43. The van der Waals surface area contributed by atoms with Crippen LogP contribution in [-0.4, -0.2) is 63.3 Å². The van der Waals surface area contributed by atoms with E-state index >= 15 is 0 Å². The van der Waals surface area contributed by atoms with Crippen LogP contribution in [0, 0.1) is 0 Å². The predicted octanol–water partition coefficient (Wildman–Crippen LogP) is -1.07. The van der Waals surface area contributed by atoms with Crippen molar-refractivity contribution in [3.8, 4) is 0 Å². The van der Waals surface area contributed by atoms with Crippen LogP contribution in [0.5, 0.6) is 0 Å². The minimum absolute atomic E-state index is 0.0767. The standard InChI is InChI=1S/C10H12N2O6/c1-15-9(13)5-3-17-7(11-5)8-12-6(4-18-8)10(14)16-2/h5-6H,3-4H2,1-2H3. The molecule has 2 aliphatic heterocycles. The van der Waals surface area contributed by atoms with Crippen LogP contribution in [0.25, 0.3) is 0 Å². The molecule has 2 unspecified atom stereocenters. The molecule has 0 aromatic carbocycles. The van der Waals surface area contributed by atoms with Gasteiger partial charge in [0.15, 0.2) is 12.1 Å². The first-order valence-electron chi connectivity index (χ1n) is 5.23. The van der Waals surface area contributed by atoms with E-state index in [9.17, 15) is 9.59 Å². The molecule has 0 aliphatic carbocycles. The number of hydrogen-bond acceptors (Lipinski definition) is 8. The van der Waals surface area contributed by atoms with Crippen LogP contribution in [0.3, 0.4) is 0 Å². The average Bonchev–Trinajstić information content (AvgIpc) is 3.04. The smallest absolute Gasteiger partial charge is 0.334 e. The van der Waals surface area contributed by atoms with Crippen molar-refractivity contribution in [2.24, 2.45) is 9.98 Å². The lowest BCUT2D eigenvalue weighted by atomic mass is 10.3. The normalized spacial score (nSPS) is 25.7. The van der Waals surface area contributed by atoms with E-state index in [1.807, 2.05) is 0 Å². The Kier molecular flexibility index (Phi) is 3.45. The van der Waals surface area contributed by atoms with Gasteiger partial charge in [-0.1, -0.05) is 0 Å². The second-order valence-corrected chi connectivity index (χ2v) is 3.57. The molecule has 0 N–H and O–H groups in total. The minimum atomic E-state index is -0.714. The van der Waals surface area contributed by atoms with Crippen molar-refractivity contribution in [1.29, 1.82) is 0 Å². The van der Waals surface area contributed by atoms with Crippen LogP contribution in [0.1, 0.15) is 0 Å². The third kappa shape index (κ3) is 2.27. The molecule has 0 saturated carbocycles. The Morgan fingerprint density at radius 2 is 1.39 bits per heavy atom. The summed E-state index contributed by atoms with van der Waals surface area (Å²) in [6.45, 7) is 0.153. The number of rotatable bonds is 3. The van der Waals surface area contributed by atoms with E-state index in [1.54, 1.807) is 0 Å². The maximum atomic E-state index is 11.2. The van der Waals surface area contributed by atoms with Gasteiger partial charge in [-0.2, -0.15) is 0 Å².